The van der Waals surface area contributed by atoms with E-state index in [4.69, 9.17) is 6.42 Å². The van der Waals surface area contributed by atoms with E-state index in [-0.39, 0.29) is 6.61 Å². The van der Waals surface area contributed by atoms with Crippen LogP contribution < -0.4 is 0 Å². The number of hydrogen-bond acceptors (Lipinski definition) is 1. The molecule has 1 N–H and O–H groups in total. The minimum absolute atomic E-state index is 0.130. The summed E-state index contributed by atoms with van der Waals surface area (Å²) in [5, 5.41) is 9.30. The molecule has 0 heterocycles. The molecule has 0 amide bonds. The predicted octanol–water partition coefficient (Wildman–Crippen LogP) is 10.4. The lowest BCUT2D eigenvalue weighted by Crippen LogP contribution is -1.89. The van der Waals surface area contributed by atoms with Crippen molar-refractivity contribution in [1.29, 1.82) is 0 Å². The summed E-state index contributed by atoms with van der Waals surface area (Å²) in [5.41, 5.74) is 11.1. The summed E-state index contributed by atoms with van der Waals surface area (Å²) < 4.78 is 0. The maximum absolute atomic E-state index is 9.30. The number of benzene rings is 4. The average Bonchev–Trinajstić information content (AvgIpc) is 3.32. The molecule has 0 saturated heterocycles. The fourth-order valence-corrected chi connectivity index (χ4v) is 4.89. The first-order valence-corrected chi connectivity index (χ1v) is 15.3. The molecule has 1 nitrogen and oxygen atoms in total. The van der Waals surface area contributed by atoms with Crippen LogP contribution in [0.4, 0.5) is 0 Å². The van der Waals surface area contributed by atoms with Crippen LogP contribution in [0.3, 0.4) is 0 Å². The highest BCUT2D eigenvalue weighted by atomic mass is 16.2. The van der Waals surface area contributed by atoms with Crippen molar-refractivity contribution in [2.24, 2.45) is 0 Å². The summed E-state index contributed by atoms with van der Waals surface area (Å²) >= 11 is 0. The maximum atomic E-state index is 9.30. The predicted molar refractivity (Wildman–Crippen MR) is 190 cm³/mol. The Balaban J connectivity index is 0.00000141. The lowest BCUT2D eigenvalue weighted by molar-refractivity contribution is 0.300. The van der Waals surface area contributed by atoms with Crippen molar-refractivity contribution in [2.45, 2.75) is 39.5 Å². The summed E-state index contributed by atoms with van der Waals surface area (Å²) in [6.45, 7) is 4.38. The third kappa shape index (κ3) is 9.21. The molecule has 0 saturated carbocycles. The molecule has 0 bridgehead atoms. The van der Waals surface area contributed by atoms with E-state index in [1.54, 1.807) is 0 Å². The van der Waals surface area contributed by atoms with Gasteiger partial charge in [-0.15, -0.1) is 6.42 Å². The highest BCUT2D eigenvalue weighted by molar-refractivity contribution is 5.85. The molecule has 1 heteroatoms. The van der Waals surface area contributed by atoms with Crippen LogP contribution in [0.15, 0.2) is 139 Å². The summed E-state index contributed by atoms with van der Waals surface area (Å²) in [6.07, 6.45) is 19.7. The van der Waals surface area contributed by atoms with Crippen molar-refractivity contribution in [1.82, 2.24) is 0 Å². The van der Waals surface area contributed by atoms with Gasteiger partial charge in [-0.1, -0.05) is 141 Å². The number of terminal acetylenes is 1. The molecule has 0 fully saturated rings. The quantitative estimate of drug-likeness (QED) is 0.156. The van der Waals surface area contributed by atoms with Gasteiger partial charge in [0.2, 0.25) is 0 Å². The Kier molecular flexibility index (Phi) is 12.4. The summed E-state index contributed by atoms with van der Waals surface area (Å²) in [4.78, 5) is 0. The van der Waals surface area contributed by atoms with Crippen LogP contribution in [0.2, 0.25) is 0 Å². The molecule has 1 aliphatic rings. The minimum Gasteiger partial charge on any atom is -0.396 e. The van der Waals surface area contributed by atoms with Crippen LogP contribution in [-0.2, 0) is 6.42 Å². The molecule has 4 aromatic carbocycles. The van der Waals surface area contributed by atoms with Gasteiger partial charge in [0, 0.05) is 18.6 Å². The molecule has 44 heavy (non-hydrogen) atoms. The van der Waals surface area contributed by atoms with Crippen LogP contribution in [0.5, 0.6) is 0 Å². The van der Waals surface area contributed by atoms with Crippen LogP contribution in [0, 0.1) is 24.2 Å². The van der Waals surface area contributed by atoms with Crippen molar-refractivity contribution in [2.75, 3.05) is 6.61 Å². The summed E-state index contributed by atoms with van der Waals surface area (Å²) in [7, 11) is 0. The lowest BCUT2D eigenvalue weighted by atomic mass is 9.93. The third-order valence-corrected chi connectivity index (χ3v) is 7.09. The molecule has 5 rings (SSSR count). The Morgan fingerprint density at radius 1 is 0.818 bits per heavy atom. The fraction of sp³-hybridized carbons (Fsp3) is 0.163. The summed E-state index contributed by atoms with van der Waals surface area (Å²) in [6, 6.07) is 36.0. The molecule has 218 valence electrons. The smallest absolute Gasteiger partial charge is 0.0471 e. The van der Waals surface area contributed by atoms with Crippen molar-refractivity contribution in [3.63, 3.8) is 0 Å². The Bertz CT molecular complexity index is 1670. The van der Waals surface area contributed by atoms with Crippen LogP contribution in [0.1, 0.15) is 49.8 Å². The van der Waals surface area contributed by atoms with Crippen LogP contribution in [0.25, 0.3) is 33.4 Å². The van der Waals surface area contributed by atoms with Gasteiger partial charge in [-0.05, 0) is 93.3 Å². The van der Waals surface area contributed by atoms with Gasteiger partial charge in [-0.2, -0.15) is 0 Å². The van der Waals surface area contributed by atoms with E-state index in [2.05, 4.69) is 141 Å². The Labute approximate surface area is 264 Å². The topological polar surface area (TPSA) is 20.2 Å². The number of allylic oxidation sites excluding steroid dienone is 7. The van der Waals surface area contributed by atoms with E-state index >= 15 is 0 Å². The van der Waals surface area contributed by atoms with Crippen LogP contribution >= 0.6 is 0 Å². The normalized spacial score (nSPS) is 12.5. The number of aliphatic hydroxyl groups excluding tert-OH is 1. The molecular formula is C43H40O. The molecule has 1 aliphatic carbocycles. The zero-order valence-corrected chi connectivity index (χ0v) is 25.8. The second kappa shape index (κ2) is 17.1. The molecule has 0 spiro atoms. The highest BCUT2D eigenvalue weighted by Gasteiger charge is 2.08. The first-order chi connectivity index (χ1) is 21.6. The van der Waals surface area contributed by atoms with Crippen LogP contribution in [-0.4, -0.2) is 11.7 Å². The van der Waals surface area contributed by atoms with Crippen molar-refractivity contribution < 1.29 is 5.11 Å². The second-order valence-electron chi connectivity index (χ2n) is 10.7. The van der Waals surface area contributed by atoms with E-state index < -0.39 is 0 Å². The van der Waals surface area contributed by atoms with E-state index in [1.807, 2.05) is 24.3 Å². The Hall–Kier alpha value is -5.08. The Morgan fingerprint density at radius 3 is 2.00 bits per heavy atom. The van der Waals surface area contributed by atoms with E-state index in [0.29, 0.717) is 12.8 Å². The van der Waals surface area contributed by atoms with Gasteiger partial charge in [-0.25, -0.2) is 0 Å². The summed E-state index contributed by atoms with van der Waals surface area (Å²) in [5.74, 6) is 9.17. The zero-order chi connectivity index (χ0) is 31.0. The van der Waals surface area contributed by atoms with Gasteiger partial charge in [0.25, 0.3) is 0 Å². The SMILES string of the molecule is C#C/C(=C\C=C/Cc1ccc(C2=CC(CCO)=CC#CC2)cc1)c1cc(-c2ccccc2)cc(-c2ccccc2)c1.CCC. The standard InChI is InChI=1S/C40H32O.C3H8/c1-2-33(38-28-39(34-16-5-3-6-17-34)30-40(29-38)35-18-7-4-8-19-35)15-11-9-13-31-21-23-36(24-22-31)37-20-12-10-14-32(27-37)25-26-41;1-3-2/h1,3-9,11,14-19,21-24,27-30,41H,13,20,25-26H2;3H2,1-2H3/b11-9-,33-15+;. The first kappa shape index (κ1) is 31.8. The van der Waals surface area contributed by atoms with Gasteiger partial charge in [0.15, 0.2) is 0 Å². The fourth-order valence-electron chi connectivity index (χ4n) is 4.89. The number of rotatable bonds is 9. The lowest BCUT2D eigenvalue weighted by Gasteiger charge is -2.11. The second-order valence-corrected chi connectivity index (χ2v) is 10.7. The van der Waals surface area contributed by atoms with Gasteiger partial charge in [-0.3, -0.25) is 0 Å². The minimum atomic E-state index is 0.130. The van der Waals surface area contributed by atoms with Gasteiger partial charge in [0.1, 0.15) is 0 Å². The van der Waals surface area contributed by atoms with Crippen molar-refractivity contribution in [3.8, 4) is 46.4 Å². The average molecular weight is 573 g/mol. The largest absolute Gasteiger partial charge is 0.396 e. The Morgan fingerprint density at radius 2 is 1.43 bits per heavy atom. The van der Waals surface area contributed by atoms with Gasteiger partial charge in [0.05, 0.1) is 0 Å². The van der Waals surface area contributed by atoms with E-state index in [9.17, 15) is 5.11 Å². The number of aliphatic hydroxyl groups is 1. The molecule has 0 atom stereocenters. The van der Waals surface area contributed by atoms with Crippen molar-refractivity contribution in [3.05, 3.63) is 156 Å². The molecule has 0 aliphatic heterocycles. The zero-order valence-electron chi connectivity index (χ0n) is 25.8. The molecular weight excluding hydrogens is 532 g/mol. The molecule has 0 radical (unpaired) electrons. The first-order valence-electron chi connectivity index (χ1n) is 15.3. The van der Waals surface area contributed by atoms with Gasteiger partial charge < -0.3 is 5.11 Å². The number of hydrogen-bond donors (Lipinski definition) is 1. The third-order valence-electron chi connectivity index (χ3n) is 7.09. The van der Waals surface area contributed by atoms with E-state index in [1.165, 1.54) is 23.1 Å². The van der Waals surface area contributed by atoms with Crippen molar-refractivity contribution >= 4 is 11.1 Å². The molecule has 0 aromatic heterocycles. The molecule has 4 aromatic rings. The highest BCUT2D eigenvalue weighted by Crippen LogP contribution is 2.31. The van der Waals surface area contributed by atoms with E-state index in [0.717, 1.165) is 45.4 Å². The maximum Gasteiger partial charge on any atom is 0.0471 e. The molecule has 0 unspecified atom stereocenters. The monoisotopic (exact) mass is 572 g/mol. The van der Waals surface area contributed by atoms with Gasteiger partial charge >= 0.3 is 0 Å².